The predicted octanol–water partition coefficient (Wildman–Crippen LogP) is 1.51. The molecule has 1 aliphatic heterocycles. The van der Waals surface area contributed by atoms with Crippen LogP contribution in [-0.2, 0) is 11.2 Å². The monoisotopic (exact) mass is 312 g/mol. The van der Waals surface area contributed by atoms with Crippen molar-refractivity contribution in [3.05, 3.63) is 53.9 Å². The van der Waals surface area contributed by atoms with Gasteiger partial charge in [-0.05, 0) is 31.0 Å². The summed E-state index contributed by atoms with van der Waals surface area (Å²) >= 11 is 0. The smallest absolute Gasteiger partial charge is 0.255 e. The van der Waals surface area contributed by atoms with Crippen LogP contribution in [-0.4, -0.2) is 52.1 Å². The van der Waals surface area contributed by atoms with E-state index in [0.717, 1.165) is 17.7 Å². The molecule has 0 aliphatic carbocycles. The molecule has 1 fully saturated rings. The Morgan fingerprint density at radius 2 is 2.30 bits per heavy atom. The topological polar surface area (TPSA) is 68.2 Å². The standard InChI is InChI=1S/C17H20N4O2/c1-13-6-15(9-19-8-13)17(22)21-4-5-23-11-14(10-21)7-16-2-3-18-12-20-16/h2-3,6,8-9,12,14H,4-5,7,10-11H2,1H3/t14-/m1/s1. The van der Waals surface area contributed by atoms with E-state index in [2.05, 4.69) is 15.0 Å². The summed E-state index contributed by atoms with van der Waals surface area (Å²) in [4.78, 5) is 26.9. The molecule has 0 bridgehead atoms. The van der Waals surface area contributed by atoms with E-state index in [-0.39, 0.29) is 11.8 Å². The maximum absolute atomic E-state index is 12.7. The normalized spacial score (nSPS) is 18.5. The molecule has 0 spiro atoms. The molecule has 6 nitrogen and oxygen atoms in total. The molecule has 2 aromatic heterocycles. The summed E-state index contributed by atoms with van der Waals surface area (Å²) in [5.74, 6) is 0.244. The molecule has 0 saturated carbocycles. The van der Waals surface area contributed by atoms with Crippen molar-refractivity contribution in [2.45, 2.75) is 13.3 Å². The molecule has 2 aromatic rings. The van der Waals surface area contributed by atoms with Crippen LogP contribution >= 0.6 is 0 Å². The maximum Gasteiger partial charge on any atom is 0.255 e. The van der Waals surface area contributed by atoms with Crippen molar-refractivity contribution in [1.29, 1.82) is 0 Å². The lowest BCUT2D eigenvalue weighted by Crippen LogP contribution is -2.36. The minimum atomic E-state index is 0.0133. The highest BCUT2D eigenvalue weighted by Gasteiger charge is 2.24. The van der Waals surface area contributed by atoms with E-state index in [1.807, 2.05) is 24.0 Å². The van der Waals surface area contributed by atoms with Gasteiger partial charge in [0.1, 0.15) is 6.33 Å². The fraction of sp³-hybridized carbons (Fsp3) is 0.412. The molecule has 1 saturated heterocycles. The van der Waals surface area contributed by atoms with Crippen molar-refractivity contribution < 1.29 is 9.53 Å². The molecule has 1 atom stereocenters. The minimum absolute atomic E-state index is 0.0133. The third-order valence-corrected chi connectivity index (χ3v) is 3.89. The molecule has 0 unspecified atom stereocenters. The summed E-state index contributed by atoms with van der Waals surface area (Å²) < 4.78 is 5.67. The zero-order chi connectivity index (χ0) is 16.1. The lowest BCUT2D eigenvalue weighted by Gasteiger charge is -2.23. The van der Waals surface area contributed by atoms with Crippen LogP contribution in [0.15, 0.2) is 37.1 Å². The Labute approximate surface area is 135 Å². The lowest BCUT2D eigenvalue weighted by molar-refractivity contribution is 0.0736. The van der Waals surface area contributed by atoms with Crippen molar-refractivity contribution in [2.75, 3.05) is 26.3 Å². The first-order valence-electron chi connectivity index (χ1n) is 7.76. The number of rotatable bonds is 3. The van der Waals surface area contributed by atoms with Gasteiger partial charge < -0.3 is 9.64 Å². The third-order valence-electron chi connectivity index (χ3n) is 3.89. The van der Waals surface area contributed by atoms with Crippen molar-refractivity contribution in [2.24, 2.45) is 5.92 Å². The number of hydrogen-bond acceptors (Lipinski definition) is 5. The molecule has 3 rings (SSSR count). The summed E-state index contributed by atoms with van der Waals surface area (Å²) in [6, 6.07) is 3.78. The number of aromatic nitrogens is 3. The molecule has 23 heavy (non-hydrogen) atoms. The van der Waals surface area contributed by atoms with Gasteiger partial charge in [-0.2, -0.15) is 0 Å². The number of pyridine rings is 1. The quantitative estimate of drug-likeness (QED) is 0.859. The van der Waals surface area contributed by atoms with Crippen molar-refractivity contribution in [1.82, 2.24) is 19.9 Å². The first-order chi connectivity index (χ1) is 11.2. The first kappa shape index (κ1) is 15.6. The molecule has 1 aliphatic rings. The van der Waals surface area contributed by atoms with Gasteiger partial charge in [-0.15, -0.1) is 0 Å². The fourth-order valence-corrected chi connectivity index (χ4v) is 2.78. The van der Waals surface area contributed by atoms with Crippen LogP contribution < -0.4 is 0 Å². The van der Waals surface area contributed by atoms with Gasteiger partial charge in [0, 0.05) is 43.3 Å². The number of carbonyl (C=O) groups is 1. The summed E-state index contributed by atoms with van der Waals surface area (Å²) in [5, 5.41) is 0. The van der Waals surface area contributed by atoms with E-state index in [1.54, 1.807) is 24.9 Å². The van der Waals surface area contributed by atoms with Gasteiger partial charge in [-0.25, -0.2) is 9.97 Å². The molecule has 6 heteroatoms. The van der Waals surface area contributed by atoms with E-state index >= 15 is 0 Å². The zero-order valence-electron chi connectivity index (χ0n) is 13.2. The average molecular weight is 312 g/mol. The van der Waals surface area contributed by atoms with Gasteiger partial charge in [0.25, 0.3) is 5.91 Å². The van der Waals surface area contributed by atoms with Crippen molar-refractivity contribution >= 4 is 5.91 Å². The molecular weight excluding hydrogens is 292 g/mol. The second-order valence-electron chi connectivity index (χ2n) is 5.85. The highest BCUT2D eigenvalue weighted by Crippen LogP contribution is 2.15. The highest BCUT2D eigenvalue weighted by molar-refractivity contribution is 5.94. The molecule has 0 aromatic carbocycles. The molecule has 3 heterocycles. The number of ether oxygens (including phenoxy) is 1. The van der Waals surface area contributed by atoms with Crippen LogP contribution in [0.25, 0.3) is 0 Å². The molecule has 0 N–H and O–H groups in total. The summed E-state index contributed by atoms with van der Waals surface area (Å²) in [6.07, 6.45) is 7.44. The Balaban J connectivity index is 1.70. The van der Waals surface area contributed by atoms with Crippen LogP contribution in [0.2, 0.25) is 0 Å². The number of aryl methyl sites for hydroxylation is 1. The van der Waals surface area contributed by atoms with Gasteiger partial charge in [0.2, 0.25) is 0 Å². The van der Waals surface area contributed by atoms with Crippen LogP contribution in [0.5, 0.6) is 0 Å². The predicted molar refractivity (Wildman–Crippen MR) is 84.9 cm³/mol. The summed E-state index contributed by atoms with van der Waals surface area (Å²) in [7, 11) is 0. The SMILES string of the molecule is Cc1cncc(C(=O)N2CCOC[C@H](Cc3ccncn3)C2)c1. The minimum Gasteiger partial charge on any atom is -0.379 e. The van der Waals surface area contributed by atoms with Gasteiger partial charge in [0.05, 0.1) is 18.8 Å². The Kier molecular flexibility index (Phi) is 4.92. The summed E-state index contributed by atoms with van der Waals surface area (Å²) in [5.41, 5.74) is 2.59. The van der Waals surface area contributed by atoms with E-state index < -0.39 is 0 Å². The second-order valence-corrected chi connectivity index (χ2v) is 5.85. The van der Waals surface area contributed by atoms with Gasteiger partial charge in [-0.1, -0.05) is 0 Å². The van der Waals surface area contributed by atoms with Gasteiger partial charge in [-0.3, -0.25) is 9.78 Å². The molecular formula is C17H20N4O2. The maximum atomic E-state index is 12.7. The average Bonchev–Trinajstić information content (AvgIpc) is 2.81. The number of hydrogen-bond donors (Lipinski definition) is 0. The highest BCUT2D eigenvalue weighted by atomic mass is 16.5. The Bertz CT molecular complexity index is 663. The summed E-state index contributed by atoms with van der Waals surface area (Å²) in [6.45, 7) is 4.40. The zero-order valence-corrected chi connectivity index (χ0v) is 13.2. The molecule has 0 radical (unpaired) electrons. The number of carbonyl (C=O) groups excluding carboxylic acids is 1. The van der Waals surface area contributed by atoms with Crippen LogP contribution in [0.4, 0.5) is 0 Å². The Morgan fingerprint density at radius 3 is 3.09 bits per heavy atom. The van der Waals surface area contributed by atoms with Crippen LogP contribution in [0.3, 0.4) is 0 Å². The second kappa shape index (κ2) is 7.28. The van der Waals surface area contributed by atoms with E-state index in [1.165, 1.54) is 0 Å². The molecule has 120 valence electrons. The van der Waals surface area contributed by atoms with E-state index in [4.69, 9.17) is 4.74 Å². The lowest BCUT2D eigenvalue weighted by atomic mass is 10.0. The largest absolute Gasteiger partial charge is 0.379 e. The van der Waals surface area contributed by atoms with E-state index in [9.17, 15) is 4.79 Å². The Hall–Kier alpha value is -2.34. The molecule has 1 amide bonds. The third kappa shape index (κ3) is 4.10. The van der Waals surface area contributed by atoms with Gasteiger partial charge >= 0.3 is 0 Å². The van der Waals surface area contributed by atoms with Crippen molar-refractivity contribution in [3.8, 4) is 0 Å². The van der Waals surface area contributed by atoms with E-state index in [0.29, 0.717) is 31.9 Å². The van der Waals surface area contributed by atoms with Gasteiger partial charge in [0.15, 0.2) is 0 Å². The Morgan fingerprint density at radius 1 is 1.39 bits per heavy atom. The van der Waals surface area contributed by atoms with Crippen molar-refractivity contribution in [3.63, 3.8) is 0 Å². The number of nitrogens with zero attached hydrogens (tertiary/aromatic N) is 4. The van der Waals surface area contributed by atoms with Crippen LogP contribution in [0.1, 0.15) is 21.6 Å². The van der Waals surface area contributed by atoms with Crippen LogP contribution in [0, 0.1) is 12.8 Å². The number of amides is 1. The first-order valence-corrected chi connectivity index (χ1v) is 7.76. The fourth-order valence-electron chi connectivity index (χ4n) is 2.78.